The number of likely N-dealkylation sites (N-methyl/N-ethyl adjacent to an activating group) is 1. The van der Waals surface area contributed by atoms with Gasteiger partial charge in [0, 0.05) is 25.8 Å². The first-order valence-corrected chi connectivity index (χ1v) is 8.47. The Bertz CT molecular complexity index is 687. The van der Waals surface area contributed by atoms with Crippen molar-refractivity contribution in [3.8, 4) is 0 Å². The second-order valence-corrected chi connectivity index (χ2v) is 7.61. The van der Waals surface area contributed by atoms with Crippen LogP contribution in [0.5, 0.6) is 0 Å². The monoisotopic (exact) mass is 309 g/mol. The molecule has 0 radical (unpaired) electrons. The normalized spacial score (nSPS) is 22.9. The van der Waals surface area contributed by atoms with Gasteiger partial charge >= 0.3 is 0 Å². The third kappa shape index (κ3) is 2.35. The lowest BCUT2D eigenvalue weighted by atomic mass is 10.1. The summed E-state index contributed by atoms with van der Waals surface area (Å²) in [6.45, 7) is 1.50. The fourth-order valence-corrected chi connectivity index (χ4v) is 4.55. The van der Waals surface area contributed by atoms with Crippen LogP contribution in [0.2, 0.25) is 0 Å². The Morgan fingerprint density at radius 1 is 1.38 bits per heavy atom. The summed E-state index contributed by atoms with van der Waals surface area (Å²) in [4.78, 5) is 13.5. The molecule has 6 nitrogen and oxygen atoms in total. The molecule has 1 amide bonds. The van der Waals surface area contributed by atoms with Crippen LogP contribution in [0.25, 0.3) is 0 Å². The van der Waals surface area contributed by atoms with E-state index in [1.54, 1.807) is 30.1 Å². The minimum atomic E-state index is -3.49. The third-order valence-electron chi connectivity index (χ3n) is 4.35. The maximum absolute atomic E-state index is 12.6. The molecule has 0 aromatic heterocycles. The highest BCUT2D eigenvalue weighted by molar-refractivity contribution is 7.89. The standard InChI is InChI=1S/C14H19N3O3S/c1-16-13-3-2-12(6-11(13)7-14(16)18)21(19,20)17-5-4-10(8-15)9-17/h2-3,6,10H,4-5,7-9,15H2,1H3. The highest BCUT2D eigenvalue weighted by Gasteiger charge is 2.33. The fourth-order valence-electron chi connectivity index (χ4n) is 2.96. The van der Waals surface area contributed by atoms with E-state index >= 15 is 0 Å². The van der Waals surface area contributed by atoms with Crippen molar-refractivity contribution in [1.29, 1.82) is 0 Å². The highest BCUT2D eigenvalue weighted by Crippen LogP contribution is 2.31. The molecule has 2 aliphatic rings. The van der Waals surface area contributed by atoms with Gasteiger partial charge in [0.2, 0.25) is 15.9 Å². The maximum Gasteiger partial charge on any atom is 0.243 e. The van der Waals surface area contributed by atoms with Crippen LogP contribution in [-0.2, 0) is 21.2 Å². The van der Waals surface area contributed by atoms with E-state index in [0.29, 0.717) is 19.6 Å². The molecule has 2 N–H and O–H groups in total. The zero-order valence-corrected chi connectivity index (χ0v) is 12.8. The molecule has 0 aliphatic carbocycles. The van der Waals surface area contributed by atoms with E-state index in [-0.39, 0.29) is 23.1 Å². The molecule has 7 heteroatoms. The molecule has 1 fully saturated rings. The molecule has 1 unspecified atom stereocenters. The minimum Gasteiger partial charge on any atom is -0.330 e. The number of carbonyl (C=O) groups excluding carboxylic acids is 1. The van der Waals surface area contributed by atoms with Crippen molar-refractivity contribution in [3.05, 3.63) is 23.8 Å². The van der Waals surface area contributed by atoms with Crippen LogP contribution in [0.4, 0.5) is 5.69 Å². The molecule has 1 aromatic rings. The second-order valence-electron chi connectivity index (χ2n) is 5.67. The van der Waals surface area contributed by atoms with Crippen LogP contribution in [-0.4, -0.2) is 45.3 Å². The van der Waals surface area contributed by atoms with E-state index in [0.717, 1.165) is 17.7 Å². The van der Waals surface area contributed by atoms with E-state index in [1.807, 2.05) is 0 Å². The number of nitrogens with two attached hydrogens (primary N) is 1. The van der Waals surface area contributed by atoms with Crippen molar-refractivity contribution in [2.45, 2.75) is 17.7 Å². The Morgan fingerprint density at radius 3 is 2.81 bits per heavy atom. The molecule has 1 saturated heterocycles. The van der Waals surface area contributed by atoms with Gasteiger partial charge in [-0.05, 0) is 42.6 Å². The molecule has 0 bridgehead atoms. The number of hydrogen-bond donors (Lipinski definition) is 1. The third-order valence-corrected chi connectivity index (χ3v) is 6.21. The number of carbonyl (C=O) groups is 1. The average molecular weight is 309 g/mol. The van der Waals surface area contributed by atoms with Crippen molar-refractivity contribution in [2.24, 2.45) is 11.7 Å². The highest BCUT2D eigenvalue weighted by atomic mass is 32.2. The number of amides is 1. The SMILES string of the molecule is CN1C(=O)Cc2cc(S(=O)(=O)N3CCC(CN)C3)ccc21. The molecular weight excluding hydrogens is 290 g/mol. The van der Waals surface area contributed by atoms with Crippen LogP contribution < -0.4 is 10.6 Å². The van der Waals surface area contributed by atoms with E-state index < -0.39 is 10.0 Å². The summed E-state index contributed by atoms with van der Waals surface area (Å²) in [5, 5.41) is 0. The Balaban J connectivity index is 1.91. The number of benzene rings is 1. The smallest absolute Gasteiger partial charge is 0.243 e. The first kappa shape index (κ1) is 14.5. The van der Waals surface area contributed by atoms with Gasteiger partial charge in [0.1, 0.15) is 0 Å². The van der Waals surface area contributed by atoms with Crippen molar-refractivity contribution in [1.82, 2.24) is 4.31 Å². The lowest BCUT2D eigenvalue weighted by Crippen LogP contribution is -2.30. The quantitative estimate of drug-likeness (QED) is 0.863. The summed E-state index contributed by atoms with van der Waals surface area (Å²) in [7, 11) is -1.79. The molecule has 0 spiro atoms. The maximum atomic E-state index is 12.6. The van der Waals surface area contributed by atoms with Gasteiger partial charge in [-0.25, -0.2) is 8.42 Å². The summed E-state index contributed by atoms with van der Waals surface area (Å²) in [6.07, 6.45) is 1.07. The largest absolute Gasteiger partial charge is 0.330 e. The number of anilines is 1. The van der Waals surface area contributed by atoms with Crippen LogP contribution in [0.1, 0.15) is 12.0 Å². The summed E-state index contributed by atoms with van der Waals surface area (Å²) in [5.74, 6) is 0.228. The van der Waals surface area contributed by atoms with Gasteiger partial charge in [0.25, 0.3) is 0 Å². The van der Waals surface area contributed by atoms with Crippen LogP contribution >= 0.6 is 0 Å². The van der Waals surface area contributed by atoms with Gasteiger partial charge in [-0.1, -0.05) is 0 Å². The second kappa shape index (κ2) is 5.08. The molecule has 1 aromatic carbocycles. The summed E-state index contributed by atoms with van der Waals surface area (Å²) < 4.78 is 26.8. The predicted octanol–water partition coefficient (Wildman–Crippen LogP) is 0.175. The number of sulfonamides is 1. The van der Waals surface area contributed by atoms with Crippen molar-refractivity contribution < 1.29 is 13.2 Å². The van der Waals surface area contributed by atoms with Gasteiger partial charge < -0.3 is 10.6 Å². The van der Waals surface area contributed by atoms with Gasteiger partial charge in [-0.3, -0.25) is 4.79 Å². The number of rotatable bonds is 3. The van der Waals surface area contributed by atoms with Gasteiger partial charge in [-0.2, -0.15) is 4.31 Å². The average Bonchev–Trinajstić information content (AvgIpc) is 3.05. The molecule has 1 atom stereocenters. The zero-order chi connectivity index (χ0) is 15.2. The van der Waals surface area contributed by atoms with Crippen LogP contribution in [0.3, 0.4) is 0 Å². The summed E-state index contributed by atoms with van der Waals surface area (Å²) in [5.41, 5.74) is 7.19. The topological polar surface area (TPSA) is 83.7 Å². The minimum absolute atomic E-state index is 0.0103. The van der Waals surface area contributed by atoms with E-state index in [1.165, 1.54) is 4.31 Å². The number of hydrogen-bond acceptors (Lipinski definition) is 4. The van der Waals surface area contributed by atoms with Gasteiger partial charge in [0.15, 0.2) is 0 Å². The Kier molecular flexibility index (Phi) is 3.51. The van der Waals surface area contributed by atoms with Gasteiger partial charge in [-0.15, -0.1) is 0 Å². The summed E-state index contributed by atoms with van der Waals surface area (Å²) in [6, 6.07) is 4.92. The lowest BCUT2D eigenvalue weighted by molar-refractivity contribution is -0.117. The molecule has 3 rings (SSSR count). The van der Waals surface area contributed by atoms with E-state index in [4.69, 9.17) is 5.73 Å². The lowest BCUT2D eigenvalue weighted by Gasteiger charge is -2.17. The Morgan fingerprint density at radius 2 is 2.14 bits per heavy atom. The predicted molar refractivity (Wildman–Crippen MR) is 79.5 cm³/mol. The first-order valence-electron chi connectivity index (χ1n) is 7.03. The number of fused-ring (bicyclic) bond motifs is 1. The first-order chi connectivity index (χ1) is 9.93. The molecule has 114 valence electrons. The molecular formula is C14H19N3O3S. The molecule has 2 aliphatic heterocycles. The Labute approximate surface area is 124 Å². The van der Waals surface area contributed by atoms with Crippen LogP contribution in [0, 0.1) is 5.92 Å². The van der Waals surface area contributed by atoms with E-state index in [9.17, 15) is 13.2 Å². The fraction of sp³-hybridized carbons (Fsp3) is 0.500. The Hall–Kier alpha value is -1.44. The van der Waals surface area contributed by atoms with Crippen LogP contribution in [0.15, 0.2) is 23.1 Å². The van der Waals surface area contributed by atoms with Gasteiger partial charge in [0.05, 0.1) is 11.3 Å². The zero-order valence-electron chi connectivity index (χ0n) is 11.9. The van der Waals surface area contributed by atoms with Crippen molar-refractivity contribution in [3.63, 3.8) is 0 Å². The number of nitrogens with zero attached hydrogens (tertiary/aromatic N) is 2. The molecule has 21 heavy (non-hydrogen) atoms. The van der Waals surface area contributed by atoms with E-state index in [2.05, 4.69) is 0 Å². The molecule has 0 saturated carbocycles. The molecule has 2 heterocycles. The van der Waals surface area contributed by atoms with Crippen molar-refractivity contribution >= 4 is 21.6 Å². The van der Waals surface area contributed by atoms with Crippen molar-refractivity contribution in [2.75, 3.05) is 31.6 Å². The summed E-state index contributed by atoms with van der Waals surface area (Å²) >= 11 is 0.